The van der Waals surface area contributed by atoms with Crippen LogP contribution in [0.5, 0.6) is 11.5 Å². The van der Waals surface area contributed by atoms with Crippen LogP contribution in [0, 0.1) is 13.8 Å². The van der Waals surface area contributed by atoms with E-state index in [4.69, 9.17) is 4.74 Å². The Kier molecular flexibility index (Phi) is 5.40. The second-order valence-corrected chi connectivity index (χ2v) is 7.07. The fourth-order valence-corrected chi connectivity index (χ4v) is 3.50. The lowest BCUT2D eigenvalue weighted by Gasteiger charge is -2.25. The summed E-state index contributed by atoms with van der Waals surface area (Å²) in [6.07, 6.45) is 2.80. The number of hydrogen-bond donors (Lipinski definition) is 0. The Balaban J connectivity index is 1.78. The number of likely N-dealkylation sites (tertiary alicyclic amines) is 1. The number of carbonyl (C=O) groups is 2. The van der Waals surface area contributed by atoms with Gasteiger partial charge in [-0.1, -0.05) is 30.3 Å². The van der Waals surface area contributed by atoms with Crippen LogP contribution in [0.1, 0.15) is 36.5 Å². The predicted molar refractivity (Wildman–Crippen MR) is 102 cm³/mol. The molecule has 0 saturated carbocycles. The SMILES string of the molecule is Cc1ccccc1Oc1cc(CC(=O)N2C(C)CCC2C=O)ccc1C. The quantitative estimate of drug-likeness (QED) is 0.758. The number of benzene rings is 2. The molecule has 0 aromatic heterocycles. The summed E-state index contributed by atoms with van der Waals surface area (Å²) in [5, 5.41) is 0. The van der Waals surface area contributed by atoms with Crippen LogP contribution in [0.25, 0.3) is 0 Å². The van der Waals surface area contributed by atoms with Gasteiger partial charge >= 0.3 is 0 Å². The van der Waals surface area contributed by atoms with Crippen molar-refractivity contribution < 1.29 is 14.3 Å². The topological polar surface area (TPSA) is 46.6 Å². The standard InChI is InChI=1S/C22H25NO3/c1-15-6-4-5-7-20(15)26-21-12-18(10-8-16(21)2)13-22(25)23-17(3)9-11-19(23)14-24/h4-8,10,12,14,17,19H,9,11,13H2,1-3H3. The average molecular weight is 351 g/mol. The molecule has 2 aromatic carbocycles. The zero-order valence-corrected chi connectivity index (χ0v) is 15.6. The molecule has 0 bridgehead atoms. The fourth-order valence-electron chi connectivity index (χ4n) is 3.50. The highest BCUT2D eigenvalue weighted by atomic mass is 16.5. The van der Waals surface area contributed by atoms with Gasteiger partial charge in [0.25, 0.3) is 0 Å². The summed E-state index contributed by atoms with van der Waals surface area (Å²) in [4.78, 5) is 25.7. The molecule has 0 spiro atoms. The van der Waals surface area contributed by atoms with Crippen LogP contribution in [-0.2, 0) is 16.0 Å². The Labute approximate surface area is 154 Å². The largest absolute Gasteiger partial charge is 0.457 e. The van der Waals surface area contributed by atoms with Crippen LogP contribution in [0.4, 0.5) is 0 Å². The van der Waals surface area contributed by atoms with Crippen LogP contribution < -0.4 is 4.74 Å². The molecule has 3 rings (SSSR count). The first kappa shape index (κ1) is 18.2. The van der Waals surface area contributed by atoms with Gasteiger partial charge in [0, 0.05) is 6.04 Å². The Bertz CT molecular complexity index is 815. The lowest BCUT2D eigenvalue weighted by molar-refractivity contribution is -0.135. The number of para-hydroxylation sites is 1. The summed E-state index contributed by atoms with van der Waals surface area (Å²) < 4.78 is 6.07. The number of rotatable bonds is 5. The van der Waals surface area contributed by atoms with Gasteiger partial charge in [0.15, 0.2) is 0 Å². The van der Waals surface area contributed by atoms with Gasteiger partial charge in [0.05, 0.1) is 12.5 Å². The van der Waals surface area contributed by atoms with E-state index >= 15 is 0 Å². The van der Waals surface area contributed by atoms with Gasteiger partial charge in [-0.15, -0.1) is 0 Å². The summed E-state index contributed by atoms with van der Waals surface area (Å²) in [7, 11) is 0. The van der Waals surface area contributed by atoms with Crippen molar-refractivity contribution >= 4 is 12.2 Å². The Morgan fingerprint density at radius 3 is 2.58 bits per heavy atom. The number of aryl methyl sites for hydroxylation is 2. The van der Waals surface area contributed by atoms with Crippen molar-refractivity contribution in [3.05, 3.63) is 59.2 Å². The molecule has 1 aliphatic rings. The maximum Gasteiger partial charge on any atom is 0.227 e. The van der Waals surface area contributed by atoms with Crippen molar-refractivity contribution in [1.82, 2.24) is 4.90 Å². The Hall–Kier alpha value is -2.62. The van der Waals surface area contributed by atoms with E-state index in [1.165, 1.54) is 0 Å². The van der Waals surface area contributed by atoms with E-state index in [0.717, 1.165) is 47.3 Å². The third kappa shape index (κ3) is 3.79. The summed E-state index contributed by atoms with van der Waals surface area (Å²) in [6.45, 7) is 6.00. The lowest BCUT2D eigenvalue weighted by atomic mass is 10.1. The molecule has 26 heavy (non-hydrogen) atoms. The van der Waals surface area contributed by atoms with Crippen molar-refractivity contribution in [2.45, 2.75) is 52.1 Å². The molecule has 4 heteroatoms. The van der Waals surface area contributed by atoms with E-state index in [0.29, 0.717) is 0 Å². The second kappa shape index (κ2) is 7.73. The van der Waals surface area contributed by atoms with Crippen LogP contribution >= 0.6 is 0 Å². The normalized spacial score (nSPS) is 19.4. The molecule has 2 atom stereocenters. The lowest BCUT2D eigenvalue weighted by Crippen LogP contribution is -2.41. The third-order valence-electron chi connectivity index (χ3n) is 5.08. The van der Waals surface area contributed by atoms with Gasteiger partial charge in [-0.2, -0.15) is 0 Å². The Morgan fingerprint density at radius 1 is 1.12 bits per heavy atom. The highest BCUT2D eigenvalue weighted by Gasteiger charge is 2.33. The predicted octanol–water partition coefficient (Wildman–Crippen LogP) is 4.22. The van der Waals surface area contributed by atoms with Crippen molar-refractivity contribution in [1.29, 1.82) is 0 Å². The van der Waals surface area contributed by atoms with Crippen molar-refractivity contribution in [3.8, 4) is 11.5 Å². The van der Waals surface area contributed by atoms with E-state index in [1.807, 2.05) is 63.2 Å². The molecule has 136 valence electrons. The van der Waals surface area contributed by atoms with E-state index < -0.39 is 0 Å². The summed E-state index contributed by atoms with van der Waals surface area (Å²) in [5.41, 5.74) is 2.98. The van der Waals surface area contributed by atoms with E-state index in [1.54, 1.807) is 4.90 Å². The smallest absolute Gasteiger partial charge is 0.227 e. The maximum absolute atomic E-state index is 12.7. The highest BCUT2D eigenvalue weighted by molar-refractivity contribution is 5.82. The van der Waals surface area contributed by atoms with Gasteiger partial charge in [0.2, 0.25) is 5.91 Å². The van der Waals surface area contributed by atoms with E-state index in [9.17, 15) is 9.59 Å². The van der Waals surface area contributed by atoms with Crippen molar-refractivity contribution in [2.24, 2.45) is 0 Å². The molecule has 2 aromatic rings. The molecule has 1 saturated heterocycles. The van der Waals surface area contributed by atoms with E-state index in [2.05, 4.69) is 0 Å². The number of nitrogens with zero attached hydrogens (tertiary/aromatic N) is 1. The molecule has 1 fully saturated rings. The monoisotopic (exact) mass is 351 g/mol. The number of amides is 1. The molecule has 0 N–H and O–H groups in total. The number of carbonyl (C=O) groups excluding carboxylic acids is 2. The molecular formula is C22H25NO3. The summed E-state index contributed by atoms with van der Waals surface area (Å²) in [5.74, 6) is 1.57. The second-order valence-electron chi connectivity index (χ2n) is 7.07. The first-order valence-corrected chi connectivity index (χ1v) is 9.09. The average Bonchev–Trinajstić information content (AvgIpc) is 3.00. The molecule has 1 amide bonds. The molecule has 0 aliphatic carbocycles. The first-order valence-electron chi connectivity index (χ1n) is 9.09. The fraction of sp³-hybridized carbons (Fsp3) is 0.364. The van der Waals surface area contributed by atoms with E-state index in [-0.39, 0.29) is 24.4 Å². The molecule has 1 heterocycles. The third-order valence-corrected chi connectivity index (χ3v) is 5.08. The number of hydrogen-bond acceptors (Lipinski definition) is 3. The van der Waals surface area contributed by atoms with Crippen LogP contribution in [0.2, 0.25) is 0 Å². The summed E-state index contributed by atoms with van der Waals surface area (Å²) in [6, 6.07) is 13.5. The van der Waals surface area contributed by atoms with Gasteiger partial charge in [-0.05, 0) is 62.4 Å². The molecule has 1 aliphatic heterocycles. The number of aldehydes is 1. The van der Waals surface area contributed by atoms with Gasteiger partial charge < -0.3 is 14.4 Å². The van der Waals surface area contributed by atoms with Gasteiger partial charge in [0.1, 0.15) is 17.8 Å². The van der Waals surface area contributed by atoms with Crippen LogP contribution in [0.15, 0.2) is 42.5 Å². The van der Waals surface area contributed by atoms with Gasteiger partial charge in [-0.25, -0.2) is 0 Å². The zero-order chi connectivity index (χ0) is 18.7. The minimum absolute atomic E-state index is 0.00204. The highest BCUT2D eigenvalue weighted by Crippen LogP contribution is 2.29. The minimum atomic E-state index is -0.286. The molecular weight excluding hydrogens is 326 g/mol. The summed E-state index contributed by atoms with van der Waals surface area (Å²) >= 11 is 0. The maximum atomic E-state index is 12.7. The minimum Gasteiger partial charge on any atom is -0.457 e. The van der Waals surface area contributed by atoms with Crippen molar-refractivity contribution in [2.75, 3.05) is 0 Å². The van der Waals surface area contributed by atoms with Crippen LogP contribution in [0.3, 0.4) is 0 Å². The Morgan fingerprint density at radius 2 is 1.85 bits per heavy atom. The zero-order valence-electron chi connectivity index (χ0n) is 15.6. The van der Waals surface area contributed by atoms with Crippen molar-refractivity contribution in [3.63, 3.8) is 0 Å². The first-order chi connectivity index (χ1) is 12.5. The number of ether oxygens (including phenoxy) is 1. The molecule has 0 radical (unpaired) electrons. The molecule has 4 nitrogen and oxygen atoms in total. The van der Waals surface area contributed by atoms with Crippen LogP contribution in [-0.4, -0.2) is 29.2 Å². The molecule has 2 unspecified atom stereocenters. The van der Waals surface area contributed by atoms with Gasteiger partial charge in [-0.3, -0.25) is 4.79 Å².